The van der Waals surface area contributed by atoms with Crippen molar-refractivity contribution >= 4 is 5.91 Å². The number of rotatable bonds is 12. The molecule has 0 aliphatic heterocycles. The third kappa shape index (κ3) is 9.43. The number of phenolic OH excluding ortho intramolecular Hbond substituents is 1. The number of unbranched alkanes of at least 4 members (excludes halogenated alkanes) is 8. The maximum Gasteiger partial charge on any atom is 0.220 e. The Balaban J connectivity index is 1.94. The van der Waals surface area contributed by atoms with Crippen LogP contribution < -0.4 is 5.32 Å². The van der Waals surface area contributed by atoms with E-state index in [-0.39, 0.29) is 11.7 Å². The molecule has 0 fully saturated rings. The Labute approximate surface area is 135 Å². The number of phenols is 1. The van der Waals surface area contributed by atoms with Gasteiger partial charge in [0.2, 0.25) is 5.91 Å². The van der Waals surface area contributed by atoms with E-state index in [1.165, 1.54) is 44.9 Å². The van der Waals surface area contributed by atoms with Crippen molar-refractivity contribution in [2.24, 2.45) is 0 Å². The SMILES string of the molecule is CCCCCCCCCCCC(=O)NCc1ccc(O)cc1. The van der Waals surface area contributed by atoms with Crippen molar-refractivity contribution in [3.8, 4) is 5.75 Å². The van der Waals surface area contributed by atoms with Crippen LogP contribution in [0.5, 0.6) is 5.75 Å². The van der Waals surface area contributed by atoms with Gasteiger partial charge in [-0.1, -0.05) is 70.4 Å². The number of benzene rings is 1. The van der Waals surface area contributed by atoms with Gasteiger partial charge in [0.1, 0.15) is 5.75 Å². The van der Waals surface area contributed by atoms with Gasteiger partial charge in [-0.25, -0.2) is 0 Å². The van der Waals surface area contributed by atoms with Gasteiger partial charge in [-0.15, -0.1) is 0 Å². The van der Waals surface area contributed by atoms with Crippen LogP contribution in [0.4, 0.5) is 0 Å². The van der Waals surface area contributed by atoms with Gasteiger partial charge in [-0.3, -0.25) is 4.79 Å². The Morgan fingerprint density at radius 3 is 2.05 bits per heavy atom. The van der Waals surface area contributed by atoms with Crippen LogP contribution in [0.15, 0.2) is 24.3 Å². The average Bonchev–Trinajstić information content (AvgIpc) is 2.53. The van der Waals surface area contributed by atoms with E-state index in [2.05, 4.69) is 12.2 Å². The van der Waals surface area contributed by atoms with Crippen LogP contribution in [0.25, 0.3) is 0 Å². The van der Waals surface area contributed by atoms with Crippen LogP contribution in [0.3, 0.4) is 0 Å². The van der Waals surface area contributed by atoms with Crippen molar-refractivity contribution in [2.75, 3.05) is 0 Å². The van der Waals surface area contributed by atoms with E-state index in [4.69, 9.17) is 0 Å². The second-order valence-electron chi connectivity index (χ2n) is 6.02. The fourth-order valence-electron chi connectivity index (χ4n) is 2.50. The van der Waals surface area contributed by atoms with Gasteiger partial charge in [0.25, 0.3) is 0 Å². The van der Waals surface area contributed by atoms with Crippen molar-refractivity contribution in [3.63, 3.8) is 0 Å². The third-order valence-electron chi connectivity index (χ3n) is 3.93. The summed E-state index contributed by atoms with van der Waals surface area (Å²) in [5.74, 6) is 0.376. The van der Waals surface area contributed by atoms with Gasteiger partial charge in [-0.2, -0.15) is 0 Å². The molecule has 0 saturated heterocycles. The number of carbonyl (C=O) groups is 1. The van der Waals surface area contributed by atoms with Crippen LogP contribution in [0.1, 0.15) is 76.7 Å². The lowest BCUT2D eigenvalue weighted by atomic mass is 10.1. The molecule has 3 heteroatoms. The number of nitrogens with one attached hydrogen (secondary N) is 1. The first kappa shape index (κ1) is 18.5. The monoisotopic (exact) mass is 305 g/mol. The molecule has 22 heavy (non-hydrogen) atoms. The minimum Gasteiger partial charge on any atom is -0.508 e. The summed E-state index contributed by atoms with van der Waals surface area (Å²) in [7, 11) is 0. The number of hydrogen-bond donors (Lipinski definition) is 2. The molecule has 0 heterocycles. The van der Waals surface area contributed by atoms with Crippen LogP contribution in [0, 0.1) is 0 Å². The van der Waals surface area contributed by atoms with Gasteiger partial charge < -0.3 is 10.4 Å². The summed E-state index contributed by atoms with van der Waals surface area (Å²) in [6.45, 7) is 2.78. The lowest BCUT2D eigenvalue weighted by molar-refractivity contribution is -0.121. The van der Waals surface area contributed by atoms with Crippen LogP contribution >= 0.6 is 0 Å². The standard InChI is InChI=1S/C19H31NO2/c1-2-3-4-5-6-7-8-9-10-11-19(22)20-16-17-12-14-18(21)15-13-17/h12-15,21H,2-11,16H2,1H3,(H,20,22). The molecular weight excluding hydrogens is 274 g/mol. The van der Waals surface area contributed by atoms with Crippen molar-refractivity contribution < 1.29 is 9.90 Å². The number of aromatic hydroxyl groups is 1. The van der Waals surface area contributed by atoms with E-state index in [1.807, 2.05) is 12.1 Å². The zero-order chi connectivity index (χ0) is 16.0. The Morgan fingerprint density at radius 1 is 0.909 bits per heavy atom. The molecule has 0 spiro atoms. The molecule has 124 valence electrons. The van der Waals surface area contributed by atoms with Gasteiger partial charge in [0.15, 0.2) is 0 Å². The summed E-state index contributed by atoms with van der Waals surface area (Å²) in [5.41, 5.74) is 1.01. The van der Waals surface area contributed by atoms with Gasteiger partial charge in [-0.05, 0) is 24.1 Å². The lowest BCUT2D eigenvalue weighted by Gasteiger charge is -2.06. The fraction of sp³-hybridized carbons (Fsp3) is 0.632. The van der Waals surface area contributed by atoms with E-state index in [0.717, 1.165) is 18.4 Å². The Bertz CT molecular complexity index is 400. The summed E-state index contributed by atoms with van der Waals surface area (Å²) in [6.07, 6.45) is 12.0. The van der Waals surface area contributed by atoms with Crippen molar-refractivity contribution in [3.05, 3.63) is 29.8 Å². The minimum absolute atomic E-state index is 0.121. The molecule has 1 amide bonds. The zero-order valence-corrected chi connectivity index (χ0v) is 13.9. The van der Waals surface area contributed by atoms with Gasteiger partial charge in [0.05, 0.1) is 0 Å². The van der Waals surface area contributed by atoms with E-state index < -0.39 is 0 Å². The zero-order valence-electron chi connectivity index (χ0n) is 13.9. The molecule has 2 N–H and O–H groups in total. The highest BCUT2D eigenvalue weighted by Crippen LogP contribution is 2.11. The molecule has 0 aliphatic rings. The van der Waals surface area contributed by atoms with Crippen LogP contribution in [-0.4, -0.2) is 11.0 Å². The van der Waals surface area contributed by atoms with E-state index >= 15 is 0 Å². The first-order chi connectivity index (χ1) is 10.7. The first-order valence-corrected chi connectivity index (χ1v) is 8.77. The fourth-order valence-corrected chi connectivity index (χ4v) is 2.50. The molecule has 3 nitrogen and oxygen atoms in total. The molecular formula is C19H31NO2. The number of hydrogen-bond acceptors (Lipinski definition) is 2. The molecule has 1 rings (SSSR count). The quantitative estimate of drug-likeness (QED) is 0.538. The summed E-state index contributed by atoms with van der Waals surface area (Å²) >= 11 is 0. The average molecular weight is 305 g/mol. The Morgan fingerprint density at radius 2 is 1.45 bits per heavy atom. The maximum absolute atomic E-state index is 11.7. The summed E-state index contributed by atoms with van der Waals surface area (Å²) in [6, 6.07) is 6.94. The second-order valence-corrected chi connectivity index (χ2v) is 6.02. The Kier molecular flexibility index (Phi) is 10.2. The molecule has 0 unspecified atom stereocenters. The lowest BCUT2D eigenvalue weighted by Crippen LogP contribution is -2.22. The van der Waals surface area contributed by atoms with Crippen molar-refractivity contribution in [1.29, 1.82) is 0 Å². The molecule has 0 aromatic heterocycles. The summed E-state index contributed by atoms with van der Waals surface area (Å²) in [5, 5.41) is 12.1. The maximum atomic E-state index is 11.7. The summed E-state index contributed by atoms with van der Waals surface area (Å²) < 4.78 is 0. The predicted molar refractivity (Wildman–Crippen MR) is 91.8 cm³/mol. The predicted octanol–water partition coefficient (Wildman–Crippen LogP) is 4.93. The van der Waals surface area contributed by atoms with Crippen LogP contribution in [0.2, 0.25) is 0 Å². The third-order valence-corrected chi connectivity index (χ3v) is 3.93. The van der Waals surface area contributed by atoms with Gasteiger partial charge in [0, 0.05) is 13.0 Å². The highest BCUT2D eigenvalue weighted by Gasteiger charge is 2.01. The van der Waals surface area contributed by atoms with Crippen LogP contribution in [-0.2, 0) is 11.3 Å². The molecule has 1 aromatic carbocycles. The molecule has 0 bridgehead atoms. The number of carbonyl (C=O) groups excluding carboxylic acids is 1. The topological polar surface area (TPSA) is 49.3 Å². The van der Waals surface area contributed by atoms with Gasteiger partial charge >= 0.3 is 0 Å². The number of amides is 1. The first-order valence-electron chi connectivity index (χ1n) is 8.77. The van der Waals surface area contributed by atoms with Crippen molar-refractivity contribution in [2.45, 2.75) is 77.7 Å². The minimum atomic E-state index is 0.121. The van der Waals surface area contributed by atoms with E-state index in [1.54, 1.807) is 12.1 Å². The molecule has 0 aliphatic carbocycles. The van der Waals surface area contributed by atoms with E-state index in [9.17, 15) is 9.90 Å². The second kappa shape index (κ2) is 12.1. The van der Waals surface area contributed by atoms with E-state index in [0.29, 0.717) is 13.0 Å². The smallest absolute Gasteiger partial charge is 0.220 e. The molecule has 0 saturated carbocycles. The summed E-state index contributed by atoms with van der Waals surface area (Å²) in [4.78, 5) is 11.7. The largest absolute Gasteiger partial charge is 0.508 e. The molecule has 0 atom stereocenters. The molecule has 1 aromatic rings. The highest BCUT2D eigenvalue weighted by molar-refractivity contribution is 5.75. The Hall–Kier alpha value is -1.51. The normalized spacial score (nSPS) is 10.6. The van der Waals surface area contributed by atoms with Crippen molar-refractivity contribution in [1.82, 2.24) is 5.32 Å². The highest BCUT2D eigenvalue weighted by atomic mass is 16.3. The molecule has 0 radical (unpaired) electrons.